The second kappa shape index (κ2) is 6.72. The number of piperidine rings is 1. The normalized spacial score (nSPS) is 22.9. The van der Waals surface area contributed by atoms with Crippen LogP contribution in [-0.2, 0) is 0 Å². The maximum Gasteiger partial charge on any atom is 0.0117 e. The van der Waals surface area contributed by atoms with Crippen LogP contribution in [0.25, 0.3) is 0 Å². The van der Waals surface area contributed by atoms with Gasteiger partial charge in [0, 0.05) is 19.1 Å². The third kappa shape index (κ3) is 4.57. The minimum atomic E-state index is 0.410. The van der Waals surface area contributed by atoms with E-state index in [0.29, 0.717) is 5.41 Å². The van der Waals surface area contributed by atoms with Gasteiger partial charge in [-0.2, -0.15) is 0 Å². The van der Waals surface area contributed by atoms with Gasteiger partial charge in [-0.25, -0.2) is 0 Å². The Balaban J connectivity index is 2.44. The van der Waals surface area contributed by atoms with Gasteiger partial charge in [-0.3, -0.25) is 0 Å². The highest BCUT2D eigenvalue weighted by molar-refractivity contribution is 4.83. The van der Waals surface area contributed by atoms with Crippen LogP contribution in [0.15, 0.2) is 0 Å². The molecule has 1 atom stereocenters. The Kier molecular flexibility index (Phi) is 5.90. The van der Waals surface area contributed by atoms with Crippen LogP contribution in [0.5, 0.6) is 0 Å². The van der Waals surface area contributed by atoms with Crippen LogP contribution in [0, 0.1) is 5.41 Å². The van der Waals surface area contributed by atoms with Gasteiger partial charge in [-0.05, 0) is 58.9 Å². The second-order valence-corrected chi connectivity index (χ2v) is 6.14. The maximum absolute atomic E-state index is 3.34. The lowest BCUT2D eigenvalue weighted by atomic mass is 9.86. The lowest BCUT2D eigenvalue weighted by Gasteiger charge is -2.40. The van der Waals surface area contributed by atoms with E-state index in [9.17, 15) is 0 Å². The number of likely N-dealkylation sites (tertiary alicyclic amines) is 1. The molecular weight excluding hydrogens is 210 g/mol. The molecule has 1 saturated heterocycles. The molecule has 1 aliphatic heterocycles. The molecule has 1 N–H and O–H groups in total. The lowest BCUT2D eigenvalue weighted by Crippen LogP contribution is -2.47. The molecular formula is C14H31N3. The molecule has 1 aliphatic rings. The molecule has 1 fully saturated rings. The van der Waals surface area contributed by atoms with E-state index < -0.39 is 0 Å². The van der Waals surface area contributed by atoms with E-state index in [1.54, 1.807) is 0 Å². The van der Waals surface area contributed by atoms with Crippen molar-refractivity contribution in [2.75, 3.05) is 47.3 Å². The molecule has 1 unspecified atom stereocenters. The van der Waals surface area contributed by atoms with E-state index in [2.05, 4.69) is 50.1 Å². The quantitative estimate of drug-likeness (QED) is 0.763. The Morgan fingerprint density at radius 3 is 2.41 bits per heavy atom. The van der Waals surface area contributed by atoms with Gasteiger partial charge in [0.05, 0.1) is 0 Å². The molecule has 0 radical (unpaired) electrons. The van der Waals surface area contributed by atoms with Crippen molar-refractivity contribution >= 4 is 0 Å². The van der Waals surface area contributed by atoms with Gasteiger partial charge < -0.3 is 15.1 Å². The van der Waals surface area contributed by atoms with Gasteiger partial charge >= 0.3 is 0 Å². The summed E-state index contributed by atoms with van der Waals surface area (Å²) < 4.78 is 0. The van der Waals surface area contributed by atoms with Gasteiger partial charge in [0.1, 0.15) is 0 Å². The zero-order valence-corrected chi connectivity index (χ0v) is 12.4. The van der Waals surface area contributed by atoms with Crippen LogP contribution < -0.4 is 5.32 Å². The van der Waals surface area contributed by atoms with Gasteiger partial charge in [0.15, 0.2) is 0 Å². The molecule has 102 valence electrons. The average Bonchev–Trinajstić information content (AvgIpc) is 2.30. The Morgan fingerprint density at radius 2 is 1.94 bits per heavy atom. The molecule has 0 spiro atoms. The summed E-state index contributed by atoms with van der Waals surface area (Å²) in [6, 6.07) is 0.786. The Morgan fingerprint density at radius 1 is 1.35 bits per heavy atom. The second-order valence-electron chi connectivity index (χ2n) is 6.14. The van der Waals surface area contributed by atoms with E-state index in [1.165, 1.54) is 38.9 Å². The van der Waals surface area contributed by atoms with Crippen LogP contribution in [0.2, 0.25) is 0 Å². The molecule has 0 saturated carbocycles. The minimum absolute atomic E-state index is 0.410. The number of rotatable bonds is 6. The van der Waals surface area contributed by atoms with Crippen molar-refractivity contribution in [3.05, 3.63) is 0 Å². The zero-order valence-electron chi connectivity index (χ0n) is 12.4. The summed E-state index contributed by atoms with van der Waals surface area (Å²) in [6.07, 6.45) is 3.89. The Bertz CT molecular complexity index is 212. The van der Waals surface area contributed by atoms with Gasteiger partial charge in [-0.15, -0.1) is 0 Å². The van der Waals surface area contributed by atoms with Crippen molar-refractivity contribution in [1.82, 2.24) is 15.1 Å². The van der Waals surface area contributed by atoms with Crippen molar-refractivity contribution in [1.29, 1.82) is 0 Å². The summed E-state index contributed by atoms with van der Waals surface area (Å²) in [6.45, 7) is 9.53. The maximum atomic E-state index is 3.34. The Hall–Kier alpha value is -0.120. The van der Waals surface area contributed by atoms with Crippen molar-refractivity contribution in [2.24, 2.45) is 5.41 Å². The first kappa shape index (κ1) is 14.9. The fourth-order valence-corrected chi connectivity index (χ4v) is 2.89. The SMILES string of the molecule is CCC(C)(CNC)CN(C)C1CCN(C)CC1. The molecule has 0 aromatic carbocycles. The van der Waals surface area contributed by atoms with Crippen molar-refractivity contribution in [3.8, 4) is 0 Å². The van der Waals surface area contributed by atoms with E-state index in [-0.39, 0.29) is 0 Å². The summed E-state index contributed by atoms with van der Waals surface area (Å²) in [5.41, 5.74) is 0.410. The topological polar surface area (TPSA) is 18.5 Å². The minimum Gasteiger partial charge on any atom is -0.319 e. The van der Waals surface area contributed by atoms with Crippen LogP contribution >= 0.6 is 0 Å². The third-order valence-corrected chi connectivity index (χ3v) is 4.40. The molecule has 1 heterocycles. The highest BCUT2D eigenvalue weighted by Crippen LogP contribution is 2.24. The van der Waals surface area contributed by atoms with Gasteiger partial charge in [0.25, 0.3) is 0 Å². The predicted molar refractivity (Wildman–Crippen MR) is 75.5 cm³/mol. The first-order valence-electron chi connectivity index (χ1n) is 7.04. The van der Waals surface area contributed by atoms with Crippen molar-refractivity contribution in [3.63, 3.8) is 0 Å². The van der Waals surface area contributed by atoms with Crippen LogP contribution in [-0.4, -0.2) is 63.2 Å². The first-order chi connectivity index (χ1) is 8.00. The largest absolute Gasteiger partial charge is 0.319 e. The van der Waals surface area contributed by atoms with E-state index in [1.807, 2.05) is 0 Å². The average molecular weight is 241 g/mol. The van der Waals surface area contributed by atoms with Gasteiger partial charge in [-0.1, -0.05) is 13.8 Å². The van der Waals surface area contributed by atoms with Crippen LogP contribution in [0.1, 0.15) is 33.1 Å². The Labute approximate surface area is 108 Å². The number of nitrogens with one attached hydrogen (secondary N) is 1. The molecule has 17 heavy (non-hydrogen) atoms. The third-order valence-electron chi connectivity index (χ3n) is 4.40. The molecule has 0 bridgehead atoms. The van der Waals surface area contributed by atoms with E-state index in [4.69, 9.17) is 0 Å². The molecule has 3 heteroatoms. The fraction of sp³-hybridized carbons (Fsp3) is 1.00. The molecule has 0 aromatic rings. The molecule has 1 rings (SSSR count). The van der Waals surface area contributed by atoms with Crippen molar-refractivity contribution in [2.45, 2.75) is 39.2 Å². The molecule has 0 aliphatic carbocycles. The molecule has 0 amide bonds. The van der Waals surface area contributed by atoms with E-state index >= 15 is 0 Å². The highest BCUT2D eigenvalue weighted by Gasteiger charge is 2.27. The summed E-state index contributed by atoms with van der Waals surface area (Å²) in [5, 5.41) is 3.34. The summed E-state index contributed by atoms with van der Waals surface area (Å²) in [4.78, 5) is 5.03. The van der Waals surface area contributed by atoms with Gasteiger partial charge in [0.2, 0.25) is 0 Å². The van der Waals surface area contributed by atoms with E-state index in [0.717, 1.165) is 12.6 Å². The van der Waals surface area contributed by atoms with Crippen molar-refractivity contribution < 1.29 is 0 Å². The fourth-order valence-electron chi connectivity index (χ4n) is 2.89. The number of hydrogen-bond donors (Lipinski definition) is 1. The van der Waals surface area contributed by atoms with Crippen LogP contribution in [0.3, 0.4) is 0 Å². The summed E-state index contributed by atoms with van der Waals surface area (Å²) in [7, 11) is 6.59. The monoisotopic (exact) mass is 241 g/mol. The van der Waals surface area contributed by atoms with Crippen LogP contribution in [0.4, 0.5) is 0 Å². The number of nitrogens with zero attached hydrogens (tertiary/aromatic N) is 2. The molecule has 3 nitrogen and oxygen atoms in total. The summed E-state index contributed by atoms with van der Waals surface area (Å²) in [5.74, 6) is 0. The number of hydrogen-bond acceptors (Lipinski definition) is 3. The first-order valence-corrected chi connectivity index (χ1v) is 7.04. The standard InChI is InChI=1S/C14H31N3/c1-6-14(2,11-15-3)12-17(5)13-7-9-16(4)10-8-13/h13,15H,6-12H2,1-5H3. The highest BCUT2D eigenvalue weighted by atomic mass is 15.2. The predicted octanol–water partition coefficient (Wildman–Crippen LogP) is 1.65. The smallest absolute Gasteiger partial charge is 0.0117 e. The summed E-state index contributed by atoms with van der Waals surface area (Å²) >= 11 is 0. The molecule has 0 aromatic heterocycles. The lowest BCUT2D eigenvalue weighted by molar-refractivity contribution is 0.0978. The zero-order chi connectivity index (χ0) is 12.9.